The maximum absolute atomic E-state index is 12.1. The van der Waals surface area contributed by atoms with E-state index in [0.29, 0.717) is 24.6 Å². The zero-order valence-electron chi connectivity index (χ0n) is 10.6. The van der Waals surface area contributed by atoms with E-state index in [4.69, 9.17) is 22.7 Å². The van der Waals surface area contributed by atoms with Gasteiger partial charge in [0.15, 0.2) is 0 Å². The van der Waals surface area contributed by atoms with Gasteiger partial charge < -0.3 is 15.8 Å². The van der Waals surface area contributed by atoms with E-state index in [2.05, 4.69) is 12.2 Å². The Hall–Kier alpha value is -0.680. The fourth-order valence-corrected chi connectivity index (χ4v) is 2.25. The van der Waals surface area contributed by atoms with Crippen LogP contribution in [0.15, 0.2) is 0 Å². The van der Waals surface area contributed by atoms with Gasteiger partial charge >= 0.3 is 0 Å². The molecular weight excluding hydrogens is 236 g/mol. The average molecular weight is 258 g/mol. The Bertz CT molecular complexity index is 288. The monoisotopic (exact) mass is 258 g/mol. The number of carbonyl (C=O) groups excluding carboxylic acids is 1. The van der Waals surface area contributed by atoms with Gasteiger partial charge in [-0.25, -0.2) is 0 Å². The van der Waals surface area contributed by atoms with Crippen LogP contribution in [-0.4, -0.2) is 29.6 Å². The summed E-state index contributed by atoms with van der Waals surface area (Å²) in [5, 5.41) is 3.08. The third-order valence-electron chi connectivity index (χ3n) is 3.26. The van der Waals surface area contributed by atoms with E-state index in [0.717, 1.165) is 19.3 Å². The first-order valence-corrected chi connectivity index (χ1v) is 6.58. The molecule has 0 aliphatic carbocycles. The molecule has 0 aromatic heterocycles. The van der Waals surface area contributed by atoms with Crippen LogP contribution in [0, 0.1) is 5.92 Å². The van der Waals surface area contributed by atoms with Gasteiger partial charge in [-0.3, -0.25) is 4.79 Å². The highest BCUT2D eigenvalue weighted by Crippen LogP contribution is 2.21. The number of hydrogen-bond donors (Lipinski definition) is 2. The predicted molar refractivity (Wildman–Crippen MR) is 71.8 cm³/mol. The second-order valence-corrected chi connectivity index (χ2v) is 5.38. The van der Waals surface area contributed by atoms with Gasteiger partial charge in [0, 0.05) is 18.8 Å². The van der Waals surface area contributed by atoms with Gasteiger partial charge in [0.05, 0.1) is 10.9 Å². The molecule has 1 amide bonds. The molecule has 0 spiro atoms. The van der Waals surface area contributed by atoms with E-state index in [-0.39, 0.29) is 17.4 Å². The SMILES string of the molecule is CCCC(C(=O)NC1(C)CCOCC1)C(N)=S. The van der Waals surface area contributed by atoms with E-state index in [1.54, 1.807) is 0 Å². The molecule has 0 saturated carbocycles. The topological polar surface area (TPSA) is 64.3 Å². The number of amides is 1. The van der Waals surface area contributed by atoms with Gasteiger partial charge in [-0.1, -0.05) is 25.6 Å². The Balaban J connectivity index is 2.59. The minimum atomic E-state index is -0.338. The molecule has 1 aliphatic rings. The van der Waals surface area contributed by atoms with Gasteiger partial charge in [0.25, 0.3) is 0 Å². The van der Waals surface area contributed by atoms with E-state index >= 15 is 0 Å². The number of hydrogen-bond acceptors (Lipinski definition) is 3. The minimum Gasteiger partial charge on any atom is -0.393 e. The van der Waals surface area contributed by atoms with Crippen molar-refractivity contribution in [1.82, 2.24) is 5.32 Å². The summed E-state index contributed by atoms with van der Waals surface area (Å²) in [5.41, 5.74) is 5.44. The summed E-state index contributed by atoms with van der Waals surface area (Å²) in [7, 11) is 0. The lowest BCUT2D eigenvalue weighted by Crippen LogP contribution is -2.52. The van der Waals surface area contributed by atoms with Crippen molar-refractivity contribution in [3.8, 4) is 0 Å². The summed E-state index contributed by atoms with van der Waals surface area (Å²) < 4.78 is 5.30. The van der Waals surface area contributed by atoms with Crippen molar-refractivity contribution in [2.45, 2.75) is 45.1 Å². The molecule has 1 rings (SSSR count). The zero-order chi connectivity index (χ0) is 12.9. The zero-order valence-corrected chi connectivity index (χ0v) is 11.4. The van der Waals surface area contributed by atoms with Crippen molar-refractivity contribution in [1.29, 1.82) is 0 Å². The molecule has 0 aromatic carbocycles. The summed E-state index contributed by atoms with van der Waals surface area (Å²) in [4.78, 5) is 12.4. The maximum atomic E-state index is 12.1. The highest BCUT2D eigenvalue weighted by molar-refractivity contribution is 7.80. The van der Waals surface area contributed by atoms with E-state index in [1.165, 1.54) is 0 Å². The van der Waals surface area contributed by atoms with Crippen LogP contribution in [0.1, 0.15) is 39.5 Å². The van der Waals surface area contributed by atoms with Crippen LogP contribution in [-0.2, 0) is 9.53 Å². The summed E-state index contributed by atoms with van der Waals surface area (Å²) in [6.45, 7) is 5.47. The van der Waals surface area contributed by atoms with Gasteiger partial charge in [-0.15, -0.1) is 0 Å². The molecule has 1 unspecified atom stereocenters. The molecule has 1 fully saturated rings. The highest BCUT2D eigenvalue weighted by Gasteiger charge is 2.32. The van der Waals surface area contributed by atoms with Crippen LogP contribution >= 0.6 is 12.2 Å². The van der Waals surface area contributed by atoms with Gasteiger partial charge in [-0.05, 0) is 26.2 Å². The van der Waals surface area contributed by atoms with E-state index in [9.17, 15) is 4.79 Å². The Morgan fingerprint density at radius 3 is 2.59 bits per heavy atom. The molecule has 1 saturated heterocycles. The molecule has 1 heterocycles. The normalized spacial score (nSPS) is 20.6. The molecule has 0 bridgehead atoms. The summed E-state index contributed by atoms with van der Waals surface area (Å²) in [6, 6.07) is 0. The van der Waals surface area contributed by atoms with Crippen LogP contribution in [0.25, 0.3) is 0 Å². The predicted octanol–water partition coefficient (Wildman–Crippen LogP) is 1.37. The molecule has 1 atom stereocenters. The second kappa shape index (κ2) is 6.31. The van der Waals surface area contributed by atoms with Crippen LogP contribution in [0.5, 0.6) is 0 Å². The number of carbonyl (C=O) groups is 1. The van der Waals surface area contributed by atoms with Crippen LogP contribution < -0.4 is 11.1 Å². The van der Waals surface area contributed by atoms with Crippen molar-refractivity contribution in [3.05, 3.63) is 0 Å². The lowest BCUT2D eigenvalue weighted by Gasteiger charge is -2.35. The fourth-order valence-electron chi connectivity index (χ4n) is 2.02. The van der Waals surface area contributed by atoms with Crippen molar-refractivity contribution < 1.29 is 9.53 Å². The molecule has 1 aliphatic heterocycles. The maximum Gasteiger partial charge on any atom is 0.230 e. The third kappa shape index (κ3) is 4.24. The Morgan fingerprint density at radius 2 is 2.12 bits per heavy atom. The van der Waals surface area contributed by atoms with Crippen molar-refractivity contribution >= 4 is 23.1 Å². The second-order valence-electron chi connectivity index (χ2n) is 4.91. The molecule has 3 N–H and O–H groups in total. The number of rotatable bonds is 5. The van der Waals surface area contributed by atoms with Crippen molar-refractivity contribution in [2.24, 2.45) is 11.7 Å². The standard InChI is InChI=1S/C12H22N2O2S/c1-3-4-9(10(13)17)11(15)14-12(2)5-7-16-8-6-12/h9H,3-8H2,1-2H3,(H2,13,17)(H,14,15). The Morgan fingerprint density at radius 1 is 1.53 bits per heavy atom. The number of nitrogens with one attached hydrogen (secondary N) is 1. The molecule has 17 heavy (non-hydrogen) atoms. The minimum absolute atomic E-state index is 0.0382. The molecule has 4 nitrogen and oxygen atoms in total. The molecule has 0 radical (unpaired) electrons. The van der Waals surface area contributed by atoms with Crippen LogP contribution in [0.3, 0.4) is 0 Å². The molecule has 5 heteroatoms. The van der Waals surface area contributed by atoms with Gasteiger partial charge in [0.1, 0.15) is 0 Å². The Kier molecular flexibility index (Phi) is 5.33. The number of thiocarbonyl (C=S) groups is 1. The van der Waals surface area contributed by atoms with Crippen LogP contribution in [0.2, 0.25) is 0 Å². The van der Waals surface area contributed by atoms with Gasteiger partial charge in [-0.2, -0.15) is 0 Å². The molecular formula is C12H22N2O2S. The first kappa shape index (κ1) is 14.4. The lowest BCUT2D eigenvalue weighted by atomic mass is 9.91. The Labute approximate surface area is 108 Å². The largest absolute Gasteiger partial charge is 0.393 e. The smallest absolute Gasteiger partial charge is 0.230 e. The average Bonchev–Trinajstić information content (AvgIpc) is 2.25. The summed E-state index contributed by atoms with van der Waals surface area (Å²) >= 11 is 4.95. The van der Waals surface area contributed by atoms with Crippen molar-refractivity contribution in [2.75, 3.05) is 13.2 Å². The summed E-state index contributed by atoms with van der Waals surface area (Å²) in [5.74, 6) is -0.376. The highest BCUT2D eigenvalue weighted by atomic mass is 32.1. The first-order chi connectivity index (χ1) is 7.98. The summed E-state index contributed by atoms with van der Waals surface area (Å²) in [6.07, 6.45) is 3.30. The van der Waals surface area contributed by atoms with Crippen molar-refractivity contribution in [3.63, 3.8) is 0 Å². The fraction of sp³-hybridized carbons (Fsp3) is 0.833. The van der Waals surface area contributed by atoms with Gasteiger partial charge in [0.2, 0.25) is 5.91 Å². The molecule has 98 valence electrons. The first-order valence-electron chi connectivity index (χ1n) is 6.17. The van der Waals surface area contributed by atoms with Crippen LogP contribution in [0.4, 0.5) is 0 Å². The third-order valence-corrected chi connectivity index (χ3v) is 3.54. The molecule has 0 aromatic rings. The number of ether oxygens (including phenoxy) is 1. The number of nitrogens with two attached hydrogens (primary N) is 1. The van der Waals surface area contributed by atoms with E-state index < -0.39 is 0 Å². The quantitative estimate of drug-likeness (QED) is 0.731. The van der Waals surface area contributed by atoms with E-state index in [1.807, 2.05) is 6.92 Å². The lowest BCUT2D eigenvalue weighted by molar-refractivity contribution is -0.126.